The predicted octanol–water partition coefficient (Wildman–Crippen LogP) is 2.22. The minimum atomic E-state index is -4.36. The minimum Gasteiger partial charge on any atom is -0.387 e. The molecule has 2 unspecified atom stereocenters. The number of nitrogens with one attached hydrogen (secondary N) is 1. The van der Waals surface area contributed by atoms with E-state index < -0.39 is 81.2 Å². The highest BCUT2D eigenvalue weighted by Crippen LogP contribution is 2.61. The van der Waals surface area contributed by atoms with Gasteiger partial charge in [-0.2, -0.15) is 0 Å². The third-order valence-electron chi connectivity index (χ3n) is 9.38. The quantitative estimate of drug-likeness (QED) is 0.150. The van der Waals surface area contributed by atoms with Crippen molar-refractivity contribution in [3.8, 4) is 0 Å². The molecule has 20 nitrogen and oxygen atoms in total. The molecule has 1 aromatic carbocycles. The van der Waals surface area contributed by atoms with Crippen molar-refractivity contribution in [3.63, 3.8) is 0 Å². The molecule has 278 valence electrons. The molecule has 0 radical (unpaired) electrons. The van der Waals surface area contributed by atoms with Crippen LogP contribution in [0.2, 0.25) is 0 Å². The summed E-state index contributed by atoms with van der Waals surface area (Å²) in [7, 11) is 0. The highest BCUT2D eigenvalue weighted by molar-refractivity contribution is 8.44. The lowest BCUT2D eigenvalue weighted by molar-refractivity contribution is -0.183. The van der Waals surface area contributed by atoms with E-state index in [1.54, 1.807) is 41.8 Å². The highest BCUT2D eigenvalue weighted by atomic mass is 32.7. The average Bonchev–Trinajstić information content (AvgIpc) is 3.95. The summed E-state index contributed by atoms with van der Waals surface area (Å²) in [5.41, 5.74) is 0.932. The summed E-state index contributed by atoms with van der Waals surface area (Å²) in [4.78, 5) is 50.1. The van der Waals surface area contributed by atoms with E-state index in [-0.39, 0.29) is 23.6 Å². The molecule has 4 bridgehead atoms. The smallest absolute Gasteiger partial charge is 0.386 e. The molecule has 53 heavy (non-hydrogen) atoms. The van der Waals surface area contributed by atoms with Gasteiger partial charge < -0.3 is 34.1 Å². The third kappa shape index (κ3) is 6.21. The van der Waals surface area contributed by atoms with E-state index >= 15 is 0 Å². The highest BCUT2D eigenvalue weighted by Gasteiger charge is 2.65. The van der Waals surface area contributed by atoms with Crippen molar-refractivity contribution in [1.82, 2.24) is 39.0 Å². The van der Waals surface area contributed by atoms with Crippen LogP contribution < -0.4 is 5.32 Å². The number of carbonyl (C=O) groups excluding carboxylic acids is 1. The van der Waals surface area contributed by atoms with Gasteiger partial charge in [0.2, 0.25) is 0 Å². The van der Waals surface area contributed by atoms with Crippen LogP contribution in [-0.4, -0.2) is 111 Å². The number of benzene rings is 1. The fourth-order valence-electron chi connectivity index (χ4n) is 6.84. The topological polar surface area (TPSA) is 238 Å². The number of fused-ring (bicyclic) bond motifs is 4. The number of anilines is 1. The molecule has 10 atom stereocenters. The van der Waals surface area contributed by atoms with Gasteiger partial charge in [-0.3, -0.25) is 27.5 Å². The van der Waals surface area contributed by atoms with Crippen molar-refractivity contribution in [1.29, 1.82) is 0 Å². The number of aromatic nitrogens is 8. The first-order valence-electron chi connectivity index (χ1n) is 16.0. The number of hydrogen-bond acceptors (Lipinski definition) is 17. The Kier molecular flexibility index (Phi) is 8.78. The molecule has 24 heteroatoms. The van der Waals surface area contributed by atoms with Gasteiger partial charge in [0, 0.05) is 5.56 Å². The standard InChI is InChI=1S/C29H29N9O11P2S2/c1-14-17-24(32-10-30-14)38(12-34-17)28-21-22-29(47-28,8-43-21)9-45-51(42,53)48-20-19(39)16(7-44-50(41,52)49-22)46-27(20)37-13-35-18-23(31-11-33-25(18)37)36-26(40)15-5-3-2-4-6-15/h2-6,10-13,16,19-22,27-28,39H,7-9H2,1H3,(H,41,52)(H,42,53)(H,31,33,36,40)/t16-,19-,20-,21-,22+,27-,28-,29-,50?,51?/m1/s1. The predicted molar refractivity (Wildman–Crippen MR) is 187 cm³/mol. The normalized spacial score (nSPS) is 35.8. The number of imidazole rings is 2. The van der Waals surface area contributed by atoms with Crippen molar-refractivity contribution in [3.05, 3.63) is 66.9 Å². The molecule has 8 heterocycles. The fourth-order valence-corrected chi connectivity index (χ4v) is 9.77. The lowest BCUT2D eigenvalue weighted by atomic mass is 10.0. The number of aryl methyl sites for hydroxylation is 1. The van der Waals surface area contributed by atoms with Gasteiger partial charge in [-0.25, -0.2) is 34.5 Å². The van der Waals surface area contributed by atoms with Gasteiger partial charge in [0.05, 0.1) is 38.2 Å². The first-order chi connectivity index (χ1) is 25.4. The SMILES string of the molecule is Cc1ncnc2c1ncn2[C@@H]1O[C@@]23CO[C@@H]1[C@@H]2OP(O)(=S)OC[C@H]1O[C@@H](n2cnc4c(NC(=O)c5ccccc5)ncnc42)[C@H](OP(=O)(S)OC3)[C@@H]1O. The molecule has 0 saturated carbocycles. The molecule has 0 spiro atoms. The van der Waals surface area contributed by atoms with Crippen LogP contribution in [0.15, 0.2) is 55.6 Å². The molecular weight excluding hydrogens is 776 g/mol. The maximum atomic E-state index is 14.0. The Hall–Kier alpha value is -3.34. The first kappa shape index (κ1) is 35.4. The number of aliphatic hydroxyl groups is 1. The molecule has 4 aliphatic rings. The summed E-state index contributed by atoms with van der Waals surface area (Å²) in [5, 5.41) is 14.2. The van der Waals surface area contributed by atoms with Crippen LogP contribution >= 0.6 is 25.8 Å². The zero-order chi connectivity index (χ0) is 36.7. The van der Waals surface area contributed by atoms with Crippen molar-refractivity contribution < 1.29 is 51.7 Å². The van der Waals surface area contributed by atoms with Gasteiger partial charge in [-0.1, -0.05) is 30.4 Å². The van der Waals surface area contributed by atoms with Crippen LogP contribution in [0.3, 0.4) is 0 Å². The monoisotopic (exact) mass is 805 g/mol. The van der Waals surface area contributed by atoms with Crippen molar-refractivity contribution in [2.75, 3.05) is 25.1 Å². The van der Waals surface area contributed by atoms with E-state index in [1.165, 1.54) is 29.9 Å². The molecule has 4 saturated heterocycles. The van der Waals surface area contributed by atoms with Crippen molar-refractivity contribution >= 4 is 71.6 Å². The number of rotatable bonds is 4. The Morgan fingerprint density at radius 2 is 1.68 bits per heavy atom. The Balaban J connectivity index is 1.02. The second kappa shape index (κ2) is 13.2. The second-order valence-corrected chi connectivity index (χ2v) is 18.3. The van der Waals surface area contributed by atoms with Crippen LogP contribution in [0.4, 0.5) is 5.82 Å². The first-order valence-corrected chi connectivity index (χ1v) is 21.3. The van der Waals surface area contributed by atoms with E-state index in [2.05, 4.69) is 47.5 Å². The number of aliphatic hydroxyl groups excluding tert-OH is 1. The van der Waals surface area contributed by atoms with Crippen LogP contribution in [0, 0.1) is 6.92 Å². The van der Waals surface area contributed by atoms with Gasteiger partial charge >= 0.3 is 13.5 Å². The molecule has 9 rings (SSSR count). The summed E-state index contributed by atoms with van der Waals surface area (Å²) in [5.74, 6) is -0.322. The number of hydrogen-bond donors (Lipinski definition) is 4. The van der Waals surface area contributed by atoms with Crippen molar-refractivity contribution in [2.45, 2.75) is 55.5 Å². The van der Waals surface area contributed by atoms with Gasteiger partial charge in [0.1, 0.15) is 54.3 Å². The number of carbonyl (C=O) groups is 1. The van der Waals surface area contributed by atoms with E-state index in [0.29, 0.717) is 22.4 Å². The molecule has 0 aliphatic carbocycles. The molecule has 4 aromatic heterocycles. The average molecular weight is 806 g/mol. The number of thiol groups is 1. The molecule has 5 aromatic rings. The van der Waals surface area contributed by atoms with E-state index in [0.717, 1.165) is 0 Å². The van der Waals surface area contributed by atoms with Crippen LogP contribution in [-0.2, 0) is 48.7 Å². The van der Waals surface area contributed by atoms with Crippen LogP contribution in [0.25, 0.3) is 22.3 Å². The van der Waals surface area contributed by atoms with E-state index in [9.17, 15) is 19.4 Å². The van der Waals surface area contributed by atoms with Gasteiger partial charge in [-0.05, 0) is 30.9 Å². The Bertz CT molecular complexity index is 2340. The summed E-state index contributed by atoms with van der Waals surface area (Å²) >= 11 is 9.68. The Labute approximate surface area is 309 Å². The fraction of sp³-hybridized carbons (Fsp3) is 0.414. The zero-order valence-electron chi connectivity index (χ0n) is 27.3. The van der Waals surface area contributed by atoms with Gasteiger partial charge in [0.15, 0.2) is 35.1 Å². The summed E-state index contributed by atoms with van der Waals surface area (Å²) in [6.07, 6.45) is -2.77. The van der Waals surface area contributed by atoms with E-state index in [1.807, 2.05) is 0 Å². The molecular formula is C29H29N9O11P2S2. The van der Waals surface area contributed by atoms with Crippen molar-refractivity contribution in [2.24, 2.45) is 0 Å². The summed E-state index contributed by atoms with van der Waals surface area (Å²) in [6, 6.07) is 8.52. The van der Waals surface area contributed by atoms with E-state index in [4.69, 9.17) is 44.1 Å². The summed E-state index contributed by atoms with van der Waals surface area (Å²) < 4.78 is 59.3. The molecule has 3 N–H and O–H groups in total. The lowest BCUT2D eigenvalue weighted by Gasteiger charge is -2.33. The molecule has 1 amide bonds. The molecule has 4 fully saturated rings. The number of ether oxygens (including phenoxy) is 3. The second-order valence-electron chi connectivity index (χ2n) is 12.7. The summed E-state index contributed by atoms with van der Waals surface area (Å²) in [6.45, 7) is -7.72. The van der Waals surface area contributed by atoms with Crippen LogP contribution in [0.5, 0.6) is 0 Å². The maximum absolute atomic E-state index is 14.0. The van der Waals surface area contributed by atoms with Crippen LogP contribution in [0.1, 0.15) is 28.5 Å². The van der Waals surface area contributed by atoms with Gasteiger partial charge in [-0.15, -0.1) is 0 Å². The number of nitrogens with zero attached hydrogens (tertiary/aromatic N) is 8. The Morgan fingerprint density at radius 1 is 0.962 bits per heavy atom. The molecule has 4 aliphatic heterocycles. The Morgan fingerprint density at radius 3 is 2.47 bits per heavy atom. The zero-order valence-corrected chi connectivity index (χ0v) is 30.8. The largest absolute Gasteiger partial charge is 0.387 e. The number of amides is 1. The lowest BCUT2D eigenvalue weighted by Crippen LogP contribution is -2.45. The minimum absolute atomic E-state index is 0.104. The maximum Gasteiger partial charge on any atom is 0.386 e. The van der Waals surface area contributed by atoms with Gasteiger partial charge in [0.25, 0.3) is 5.91 Å². The third-order valence-corrected chi connectivity index (χ3v) is 12.5.